The molecule has 0 bridgehead atoms. The van der Waals surface area contributed by atoms with Gasteiger partial charge >= 0.3 is 18.4 Å². The monoisotopic (exact) mass is 546 g/mol. The van der Waals surface area contributed by atoms with E-state index in [-0.39, 0.29) is 44.8 Å². The van der Waals surface area contributed by atoms with Crippen LogP contribution < -0.4 is 9.62 Å². The highest BCUT2D eigenvalue weighted by Gasteiger charge is 2.41. The van der Waals surface area contributed by atoms with Crippen molar-refractivity contribution in [1.29, 1.82) is 0 Å². The summed E-state index contributed by atoms with van der Waals surface area (Å²) in [5.74, 6) is 0. The summed E-state index contributed by atoms with van der Waals surface area (Å²) in [4.78, 5) is 16.5. The number of nitrogens with zero attached hydrogens (tertiary/aromatic N) is 3. The summed E-state index contributed by atoms with van der Waals surface area (Å²) >= 11 is 0. The van der Waals surface area contributed by atoms with E-state index in [1.807, 2.05) is 0 Å². The third kappa shape index (κ3) is 7.38. The molecule has 1 unspecified atom stereocenters. The molecule has 36 heavy (non-hydrogen) atoms. The standard InChI is InChI=1S/C21H28F6N4O4S/c1-14(20(22,23)24)35-19(32)30-10-8-29(9-11-30)13-16-17(21(25,26)27)4-3-5-18(16)31-7-6-15(12-31)28-36(2,33)34/h3-5,14-15,28H,6-13H2,1-2H3/t14?,15-/m0/s1. The van der Waals surface area contributed by atoms with Gasteiger partial charge in [-0.25, -0.2) is 17.9 Å². The molecule has 1 aromatic carbocycles. The molecule has 0 radical (unpaired) electrons. The fourth-order valence-corrected chi connectivity index (χ4v) is 5.08. The lowest BCUT2D eigenvalue weighted by Crippen LogP contribution is -2.50. The zero-order valence-electron chi connectivity index (χ0n) is 19.7. The van der Waals surface area contributed by atoms with Crippen molar-refractivity contribution in [3.8, 4) is 0 Å². The van der Waals surface area contributed by atoms with Crippen LogP contribution in [0.15, 0.2) is 18.2 Å². The molecule has 204 valence electrons. The number of benzene rings is 1. The minimum absolute atomic E-state index is 0.00298. The minimum Gasteiger partial charge on any atom is -0.437 e. The molecule has 15 heteroatoms. The Balaban J connectivity index is 1.72. The summed E-state index contributed by atoms with van der Waals surface area (Å²) < 4.78 is 110. The van der Waals surface area contributed by atoms with Crippen LogP contribution in [0.25, 0.3) is 0 Å². The zero-order chi connectivity index (χ0) is 26.9. The molecule has 2 aliphatic heterocycles. The Bertz CT molecular complexity index is 1040. The molecule has 2 heterocycles. The molecule has 1 aromatic rings. The number of anilines is 1. The summed E-state index contributed by atoms with van der Waals surface area (Å²) in [6.07, 6.45) is -11.3. The van der Waals surface area contributed by atoms with Gasteiger partial charge in [0.25, 0.3) is 0 Å². The van der Waals surface area contributed by atoms with E-state index in [0.29, 0.717) is 18.7 Å². The van der Waals surface area contributed by atoms with Crippen LogP contribution in [0.5, 0.6) is 0 Å². The van der Waals surface area contributed by atoms with Crippen LogP contribution in [-0.4, -0.2) is 88.2 Å². The van der Waals surface area contributed by atoms with Gasteiger partial charge in [-0.3, -0.25) is 4.90 Å². The Kier molecular flexibility index (Phi) is 8.35. The molecule has 2 saturated heterocycles. The van der Waals surface area contributed by atoms with Gasteiger partial charge in [0.1, 0.15) is 0 Å². The summed E-state index contributed by atoms with van der Waals surface area (Å²) in [5.41, 5.74) is -0.462. The molecule has 0 spiro atoms. The first-order valence-corrected chi connectivity index (χ1v) is 13.1. The van der Waals surface area contributed by atoms with E-state index in [0.717, 1.165) is 24.1 Å². The number of carbonyl (C=O) groups is 1. The van der Waals surface area contributed by atoms with Crippen LogP contribution in [-0.2, 0) is 27.5 Å². The van der Waals surface area contributed by atoms with E-state index >= 15 is 0 Å². The van der Waals surface area contributed by atoms with Crippen LogP contribution in [0.3, 0.4) is 0 Å². The molecular weight excluding hydrogens is 518 g/mol. The number of piperazine rings is 1. The van der Waals surface area contributed by atoms with E-state index < -0.39 is 46.2 Å². The normalized spacial score (nSPS) is 21.1. The molecule has 0 saturated carbocycles. The third-order valence-electron chi connectivity index (χ3n) is 6.12. The third-order valence-corrected chi connectivity index (χ3v) is 6.88. The molecular formula is C21H28F6N4O4S. The fourth-order valence-electron chi connectivity index (χ4n) is 4.29. The number of hydrogen-bond acceptors (Lipinski definition) is 6. The average molecular weight is 547 g/mol. The highest BCUT2D eigenvalue weighted by molar-refractivity contribution is 7.88. The average Bonchev–Trinajstić information content (AvgIpc) is 3.19. The second-order valence-electron chi connectivity index (χ2n) is 8.95. The number of ether oxygens (including phenoxy) is 1. The lowest BCUT2D eigenvalue weighted by Gasteiger charge is -2.36. The van der Waals surface area contributed by atoms with Crippen molar-refractivity contribution < 1.29 is 44.3 Å². The molecule has 0 aliphatic carbocycles. The molecule has 2 fully saturated rings. The van der Waals surface area contributed by atoms with E-state index in [1.165, 1.54) is 6.07 Å². The number of nitrogens with one attached hydrogen (secondary N) is 1. The second-order valence-corrected chi connectivity index (χ2v) is 10.7. The first kappa shape index (κ1) is 28.3. The van der Waals surface area contributed by atoms with E-state index in [1.54, 1.807) is 15.9 Å². The van der Waals surface area contributed by atoms with Crippen LogP contribution in [0.2, 0.25) is 0 Å². The highest BCUT2D eigenvalue weighted by atomic mass is 32.2. The first-order valence-electron chi connectivity index (χ1n) is 11.2. The van der Waals surface area contributed by atoms with E-state index in [2.05, 4.69) is 9.46 Å². The Labute approximate surface area is 205 Å². The molecule has 3 rings (SSSR count). The van der Waals surface area contributed by atoms with Crippen molar-refractivity contribution in [2.24, 2.45) is 0 Å². The maximum Gasteiger partial charge on any atom is 0.425 e. The number of hydrogen-bond donors (Lipinski definition) is 1. The van der Waals surface area contributed by atoms with Crippen molar-refractivity contribution in [3.63, 3.8) is 0 Å². The number of amides is 1. The smallest absolute Gasteiger partial charge is 0.425 e. The summed E-state index contributed by atoms with van der Waals surface area (Å²) in [6.45, 7) is 1.45. The van der Waals surface area contributed by atoms with Crippen LogP contribution in [0.4, 0.5) is 36.8 Å². The number of halogens is 6. The number of rotatable bonds is 6. The lowest BCUT2D eigenvalue weighted by atomic mass is 10.0. The van der Waals surface area contributed by atoms with Crippen LogP contribution >= 0.6 is 0 Å². The zero-order valence-corrected chi connectivity index (χ0v) is 20.5. The van der Waals surface area contributed by atoms with Crippen molar-refractivity contribution in [2.45, 2.75) is 44.4 Å². The molecule has 2 aliphatic rings. The molecule has 8 nitrogen and oxygen atoms in total. The van der Waals surface area contributed by atoms with Gasteiger partial charge in [-0.15, -0.1) is 0 Å². The number of carbonyl (C=O) groups excluding carboxylic acids is 1. The Morgan fingerprint density at radius 1 is 1.11 bits per heavy atom. The van der Waals surface area contributed by atoms with Gasteiger partial charge in [-0.2, -0.15) is 26.3 Å². The maximum atomic E-state index is 13.9. The summed E-state index contributed by atoms with van der Waals surface area (Å²) in [5, 5.41) is 0. The van der Waals surface area contributed by atoms with Gasteiger partial charge in [0.2, 0.25) is 10.0 Å². The predicted molar refractivity (Wildman–Crippen MR) is 119 cm³/mol. The van der Waals surface area contributed by atoms with Crippen LogP contribution in [0.1, 0.15) is 24.5 Å². The first-order chi connectivity index (χ1) is 16.5. The van der Waals surface area contributed by atoms with Crippen molar-refractivity contribution in [3.05, 3.63) is 29.3 Å². The Hall–Kier alpha value is -2.26. The van der Waals surface area contributed by atoms with E-state index in [4.69, 9.17) is 0 Å². The molecule has 1 N–H and O–H groups in total. The predicted octanol–water partition coefficient (Wildman–Crippen LogP) is 3.04. The topological polar surface area (TPSA) is 82.2 Å². The minimum atomic E-state index is -4.69. The number of alkyl halides is 6. The SMILES string of the molecule is CC(OC(=O)N1CCN(Cc2c(N3CC[C@H](NS(C)(=O)=O)C3)cccc2C(F)(F)F)CC1)C(F)(F)F. The highest BCUT2D eigenvalue weighted by Crippen LogP contribution is 2.38. The fraction of sp³-hybridized carbons (Fsp3) is 0.667. The molecule has 0 aromatic heterocycles. The largest absolute Gasteiger partial charge is 0.437 e. The van der Waals surface area contributed by atoms with Gasteiger partial charge < -0.3 is 14.5 Å². The summed E-state index contributed by atoms with van der Waals surface area (Å²) in [6, 6.07) is 3.40. The second kappa shape index (κ2) is 10.6. The number of sulfonamides is 1. The molecule has 1 amide bonds. The summed E-state index contributed by atoms with van der Waals surface area (Å²) in [7, 11) is -3.48. The van der Waals surface area contributed by atoms with Crippen molar-refractivity contribution >= 4 is 21.8 Å². The van der Waals surface area contributed by atoms with Gasteiger partial charge in [0.15, 0.2) is 6.10 Å². The van der Waals surface area contributed by atoms with Gasteiger partial charge in [-0.05, 0) is 25.5 Å². The van der Waals surface area contributed by atoms with Crippen molar-refractivity contribution in [2.75, 3.05) is 50.4 Å². The quantitative estimate of drug-likeness (QED) is 0.553. The molecule has 2 atom stereocenters. The van der Waals surface area contributed by atoms with Gasteiger partial charge in [0.05, 0.1) is 11.8 Å². The van der Waals surface area contributed by atoms with Gasteiger partial charge in [-0.1, -0.05) is 6.07 Å². The van der Waals surface area contributed by atoms with Crippen LogP contribution in [0, 0.1) is 0 Å². The lowest BCUT2D eigenvalue weighted by molar-refractivity contribution is -0.200. The van der Waals surface area contributed by atoms with E-state index in [9.17, 15) is 39.6 Å². The maximum absolute atomic E-state index is 13.9. The van der Waals surface area contributed by atoms with Gasteiger partial charge in [0, 0.05) is 63.1 Å². The Morgan fingerprint density at radius 2 is 1.75 bits per heavy atom. The van der Waals surface area contributed by atoms with Crippen molar-refractivity contribution in [1.82, 2.24) is 14.5 Å². The Morgan fingerprint density at radius 3 is 2.31 bits per heavy atom.